The molecular formula is C15H16FN5O3S2. The molecule has 0 saturated carbocycles. The van der Waals surface area contributed by atoms with E-state index < -0.39 is 28.6 Å². The lowest BCUT2D eigenvalue weighted by Gasteiger charge is -2.37. The van der Waals surface area contributed by atoms with E-state index >= 15 is 4.39 Å². The molecule has 0 bridgehead atoms. The highest BCUT2D eigenvalue weighted by Gasteiger charge is 2.32. The number of fused-ring (bicyclic) bond motifs is 1. The average molecular weight is 397 g/mol. The highest BCUT2D eigenvalue weighted by Crippen LogP contribution is 2.37. The predicted molar refractivity (Wildman–Crippen MR) is 99.5 cm³/mol. The first-order chi connectivity index (χ1) is 12.5. The number of aromatic hydroxyl groups is 1. The largest absolute Gasteiger partial charge is 0.506 e. The molecule has 2 saturated heterocycles. The van der Waals surface area contributed by atoms with Crippen molar-refractivity contribution in [3.63, 3.8) is 0 Å². The van der Waals surface area contributed by atoms with Crippen LogP contribution in [0, 0.1) is 5.82 Å². The normalized spacial score (nSPS) is 21.1. The van der Waals surface area contributed by atoms with Crippen molar-refractivity contribution in [3.8, 4) is 5.75 Å². The summed E-state index contributed by atoms with van der Waals surface area (Å²) in [6, 6.07) is 4.97. The van der Waals surface area contributed by atoms with Gasteiger partial charge in [0.2, 0.25) is 11.2 Å². The Labute approximate surface area is 155 Å². The third kappa shape index (κ3) is 2.95. The number of rotatable bonds is 4. The number of carbonyl (C=O) groups is 1. The van der Waals surface area contributed by atoms with E-state index in [-0.39, 0.29) is 23.8 Å². The number of amides is 1. The van der Waals surface area contributed by atoms with E-state index in [0.29, 0.717) is 11.2 Å². The van der Waals surface area contributed by atoms with E-state index in [1.54, 1.807) is 24.1 Å². The Hall–Kier alpha value is -2.11. The summed E-state index contributed by atoms with van der Waals surface area (Å²) in [5, 5.41) is 13.8. The van der Waals surface area contributed by atoms with E-state index in [1.165, 1.54) is 6.07 Å². The van der Waals surface area contributed by atoms with Crippen LogP contribution in [0.25, 0.3) is 10.9 Å². The Bertz CT molecular complexity index is 922. The first kappa shape index (κ1) is 17.3. The minimum atomic E-state index is -1.93. The van der Waals surface area contributed by atoms with Crippen LogP contribution >= 0.6 is 11.9 Å². The van der Waals surface area contributed by atoms with Crippen molar-refractivity contribution in [2.75, 3.05) is 35.5 Å². The van der Waals surface area contributed by atoms with Gasteiger partial charge in [-0.3, -0.25) is 13.8 Å². The number of phenolic OH excluding ortho intramolecular Hbond substituents is 1. The number of anilines is 2. The fraction of sp³-hybridized carbons (Fsp3) is 0.333. The SMILES string of the molecule is CSN1CC(Nc2ccc3cc(O)c(N4CC(=O)NS4=O)c(F)c3n2)C1. The van der Waals surface area contributed by atoms with Crippen LogP contribution in [-0.2, 0) is 16.0 Å². The number of nitrogens with one attached hydrogen (secondary N) is 2. The number of benzene rings is 1. The van der Waals surface area contributed by atoms with Crippen LogP contribution in [0.15, 0.2) is 18.2 Å². The van der Waals surface area contributed by atoms with Crippen molar-refractivity contribution in [1.82, 2.24) is 14.0 Å². The molecule has 2 aromatic rings. The molecule has 2 fully saturated rings. The number of halogens is 1. The van der Waals surface area contributed by atoms with Crippen molar-refractivity contribution in [3.05, 3.63) is 24.0 Å². The second-order valence-electron chi connectivity index (χ2n) is 6.01. The van der Waals surface area contributed by atoms with Gasteiger partial charge in [0.25, 0.3) is 5.91 Å². The van der Waals surface area contributed by atoms with Crippen molar-refractivity contribution >= 4 is 51.4 Å². The number of nitrogens with zero attached hydrogens (tertiary/aromatic N) is 3. The third-order valence-corrected chi connectivity index (χ3v) is 6.20. The van der Waals surface area contributed by atoms with Gasteiger partial charge in [0, 0.05) is 18.5 Å². The zero-order valence-corrected chi connectivity index (χ0v) is 15.4. The molecular weight excluding hydrogens is 381 g/mol. The Morgan fingerprint density at radius 3 is 2.88 bits per heavy atom. The Morgan fingerprint density at radius 2 is 2.23 bits per heavy atom. The topological polar surface area (TPSA) is 97.8 Å². The molecule has 138 valence electrons. The monoisotopic (exact) mass is 397 g/mol. The number of phenols is 1. The Kier molecular flexibility index (Phi) is 4.37. The molecule has 3 heterocycles. The number of aromatic nitrogens is 1. The Morgan fingerprint density at radius 1 is 1.46 bits per heavy atom. The van der Waals surface area contributed by atoms with Crippen molar-refractivity contribution in [2.45, 2.75) is 6.04 Å². The molecule has 1 atom stereocenters. The van der Waals surface area contributed by atoms with Gasteiger partial charge >= 0.3 is 0 Å². The molecule has 3 N–H and O–H groups in total. The first-order valence-corrected chi connectivity index (χ1v) is 10.1. The summed E-state index contributed by atoms with van der Waals surface area (Å²) in [6.07, 6.45) is 2.01. The molecule has 1 aromatic heterocycles. The van der Waals surface area contributed by atoms with Crippen LogP contribution in [0.5, 0.6) is 5.75 Å². The first-order valence-electron chi connectivity index (χ1n) is 7.83. The minimum absolute atomic E-state index is 0.0418. The maximum Gasteiger partial charge on any atom is 0.253 e. The van der Waals surface area contributed by atoms with Crippen LogP contribution in [0.1, 0.15) is 0 Å². The maximum atomic E-state index is 15.0. The second kappa shape index (κ2) is 6.56. The minimum Gasteiger partial charge on any atom is -0.506 e. The molecule has 8 nitrogen and oxygen atoms in total. The van der Waals surface area contributed by atoms with Gasteiger partial charge in [0.1, 0.15) is 29.3 Å². The molecule has 1 aromatic carbocycles. The summed E-state index contributed by atoms with van der Waals surface area (Å²) in [5.41, 5.74) is -0.253. The molecule has 0 radical (unpaired) electrons. The number of carbonyl (C=O) groups excluding carboxylic acids is 1. The van der Waals surface area contributed by atoms with Crippen LogP contribution in [-0.4, -0.2) is 56.4 Å². The molecule has 0 aliphatic carbocycles. The molecule has 1 amide bonds. The smallest absolute Gasteiger partial charge is 0.253 e. The lowest BCUT2D eigenvalue weighted by molar-refractivity contribution is -0.117. The number of hydrogen-bond acceptors (Lipinski definition) is 7. The van der Waals surface area contributed by atoms with Gasteiger partial charge in [-0.25, -0.2) is 17.9 Å². The highest BCUT2D eigenvalue weighted by molar-refractivity contribution is 7.96. The van der Waals surface area contributed by atoms with Crippen LogP contribution in [0.2, 0.25) is 0 Å². The summed E-state index contributed by atoms with van der Waals surface area (Å²) >= 11 is -0.268. The fourth-order valence-electron chi connectivity index (χ4n) is 2.94. The third-order valence-electron chi connectivity index (χ3n) is 4.27. The summed E-state index contributed by atoms with van der Waals surface area (Å²) < 4.78 is 32.3. The van der Waals surface area contributed by atoms with Gasteiger partial charge in [0.05, 0.1) is 6.04 Å². The fourth-order valence-corrected chi connectivity index (χ4v) is 4.55. The maximum absolute atomic E-state index is 15.0. The summed E-state index contributed by atoms with van der Waals surface area (Å²) in [4.78, 5) is 15.7. The van der Waals surface area contributed by atoms with Gasteiger partial charge in [-0.2, -0.15) is 0 Å². The van der Waals surface area contributed by atoms with E-state index in [0.717, 1.165) is 17.4 Å². The number of pyridine rings is 1. The zero-order chi connectivity index (χ0) is 18.4. The van der Waals surface area contributed by atoms with Gasteiger partial charge in [-0.1, -0.05) is 11.9 Å². The molecule has 2 aliphatic rings. The van der Waals surface area contributed by atoms with Crippen molar-refractivity contribution < 1.29 is 18.5 Å². The summed E-state index contributed by atoms with van der Waals surface area (Å²) in [5.74, 6) is -1.19. The van der Waals surface area contributed by atoms with Crippen molar-refractivity contribution in [1.29, 1.82) is 0 Å². The van der Waals surface area contributed by atoms with Gasteiger partial charge in [0.15, 0.2) is 5.82 Å². The van der Waals surface area contributed by atoms with E-state index in [9.17, 15) is 14.1 Å². The van der Waals surface area contributed by atoms with Gasteiger partial charge in [-0.15, -0.1) is 0 Å². The average Bonchev–Trinajstić information content (AvgIpc) is 2.89. The van der Waals surface area contributed by atoms with Crippen LogP contribution < -0.4 is 14.3 Å². The molecule has 0 spiro atoms. The zero-order valence-electron chi connectivity index (χ0n) is 13.7. The van der Waals surface area contributed by atoms with Crippen LogP contribution in [0.3, 0.4) is 0 Å². The quantitative estimate of drug-likeness (QED) is 0.662. The summed E-state index contributed by atoms with van der Waals surface area (Å²) in [6.45, 7) is 1.43. The van der Waals surface area contributed by atoms with Gasteiger partial charge < -0.3 is 10.4 Å². The van der Waals surface area contributed by atoms with E-state index in [1.807, 2.05) is 6.26 Å². The second-order valence-corrected chi connectivity index (χ2v) is 8.03. The molecule has 11 heteroatoms. The van der Waals surface area contributed by atoms with E-state index in [4.69, 9.17) is 0 Å². The molecule has 26 heavy (non-hydrogen) atoms. The van der Waals surface area contributed by atoms with E-state index in [2.05, 4.69) is 19.3 Å². The standard InChI is InChI=1S/C15H16FN5O3S2/c1-25-20-5-9(6-20)17-11-3-2-8-4-10(22)15(13(16)14(8)18-11)21-7-12(23)19-26(21)24/h2-4,9,22H,5-7H2,1H3,(H,17,18)(H,19,23). The highest BCUT2D eigenvalue weighted by atomic mass is 32.2. The molecule has 4 rings (SSSR count). The molecule has 2 aliphatic heterocycles. The summed E-state index contributed by atoms with van der Waals surface area (Å²) in [7, 11) is 0. The van der Waals surface area contributed by atoms with Crippen LogP contribution in [0.4, 0.5) is 15.9 Å². The molecule has 1 unspecified atom stereocenters. The number of hydrogen-bond donors (Lipinski definition) is 3. The van der Waals surface area contributed by atoms with Gasteiger partial charge in [-0.05, 0) is 24.5 Å². The lowest BCUT2D eigenvalue weighted by atomic mass is 10.1. The lowest BCUT2D eigenvalue weighted by Crippen LogP contribution is -2.51. The van der Waals surface area contributed by atoms with Crippen molar-refractivity contribution in [2.24, 2.45) is 0 Å². The predicted octanol–water partition coefficient (Wildman–Crippen LogP) is 0.968. The Balaban J connectivity index is 1.68.